The van der Waals surface area contributed by atoms with Crippen LogP contribution in [0.4, 0.5) is 0 Å². The molecule has 168 valence electrons. The molecule has 0 aliphatic heterocycles. The highest BCUT2D eigenvalue weighted by Gasteiger charge is 2.09. The molecule has 2 aromatic rings. The fourth-order valence-electron chi connectivity index (χ4n) is 2.48. The molecule has 1 heterocycles. The molecule has 0 saturated carbocycles. The summed E-state index contributed by atoms with van der Waals surface area (Å²) in [6.07, 6.45) is 5.34. The Morgan fingerprint density at radius 2 is 1.90 bits per heavy atom. The lowest BCUT2D eigenvalue weighted by Gasteiger charge is -2.11. The number of rotatable bonds is 10. The predicted octanol–water partition coefficient (Wildman–Crippen LogP) is 2.02. The van der Waals surface area contributed by atoms with E-state index in [-0.39, 0.29) is 11.9 Å². The van der Waals surface area contributed by atoms with Gasteiger partial charge in [-0.1, -0.05) is 19.1 Å². The molecule has 0 radical (unpaired) electrons. The summed E-state index contributed by atoms with van der Waals surface area (Å²) in [6.45, 7) is 2.44. The zero-order valence-electron chi connectivity index (χ0n) is 18.6. The third-order valence-corrected chi connectivity index (χ3v) is 4.07. The third kappa shape index (κ3) is 9.88. The van der Waals surface area contributed by atoms with Crippen molar-refractivity contribution in [2.45, 2.75) is 25.8 Å². The monoisotopic (exact) mass is 427 g/mol. The van der Waals surface area contributed by atoms with Gasteiger partial charge in [-0.05, 0) is 56.8 Å². The Balaban J connectivity index is 0.00000151. The van der Waals surface area contributed by atoms with E-state index in [0.29, 0.717) is 42.1 Å². The first-order valence-corrected chi connectivity index (χ1v) is 10.2. The van der Waals surface area contributed by atoms with Crippen molar-refractivity contribution in [1.29, 1.82) is 0 Å². The molecular formula is C23H33N5O3. The number of pyridine rings is 1. The van der Waals surface area contributed by atoms with E-state index < -0.39 is 0 Å². The van der Waals surface area contributed by atoms with Crippen molar-refractivity contribution in [3.05, 3.63) is 65.6 Å². The van der Waals surface area contributed by atoms with Crippen LogP contribution >= 0.6 is 0 Å². The Kier molecular flexibility index (Phi) is 12.2. The van der Waals surface area contributed by atoms with Gasteiger partial charge >= 0.3 is 0 Å². The van der Waals surface area contributed by atoms with Crippen LogP contribution in [0.2, 0.25) is 0 Å². The van der Waals surface area contributed by atoms with E-state index >= 15 is 0 Å². The van der Waals surface area contributed by atoms with Gasteiger partial charge in [-0.25, -0.2) is 0 Å². The van der Waals surface area contributed by atoms with Gasteiger partial charge in [-0.15, -0.1) is 0 Å². The van der Waals surface area contributed by atoms with Crippen molar-refractivity contribution in [3.63, 3.8) is 0 Å². The van der Waals surface area contributed by atoms with Crippen LogP contribution in [0.3, 0.4) is 0 Å². The topological polar surface area (TPSA) is 118 Å². The molecule has 2 rings (SSSR count). The number of aromatic nitrogens is 1. The Bertz CT molecular complexity index is 855. The van der Waals surface area contributed by atoms with E-state index in [1.807, 2.05) is 45.3 Å². The highest BCUT2D eigenvalue weighted by atomic mass is 16.5. The quantitative estimate of drug-likeness (QED) is 0.338. The summed E-state index contributed by atoms with van der Waals surface area (Å²) in [6, 6.07) is 10.7. The van der Waals surface area contributed by atoms with Gasteiger partial charge in [0.05, 0.1) is 5.70 Å². The molecule has 1 aromatic carbocycles. The van der Waals surface area contributed by atoms with Crippen molar-refractivity contribution >= 4 is 12.2 Å². The van der Waals surface area contributed by atoms with Gasteiger partial charge in [0.25, 0.3) is 5.91 Å². The number of aldehydes is 1. The first kappa shape index (κ1) is 25.8. The zero-order valence-corrected chi connectivity index (χ0v) is 18.6. The highest BCUT2D eigenvalue weighted by molar-refractivity contribution is 5.92. The SMILES string of the molecule is CCC(N)/C=C(\NC)C(=O)NCCc1cccc(Oc2ccnc(C=O)c2)c1.CNC. The van der Waals surface area contributed by atoms with E-state index in [0.717, 1.165) is 12.0 Å². The van der Waals surface area contributed by atoms with Gasteiger partial charge in [0.1, 0.15) is 17.2 Å². The van der Waals surface area contributed by atoms with Crippen molar-refractivity contribution in [2.24, 2.45) is 5.73 Å². The van der Waals surface area contributed by atoms with Gasteiger partial charge < -0.3 is 26.4 Å². The summed E-state index contributed by atoms with van der Waals surface area (Å²) in [5.74, 6) is 1.01. The number of amides is 1. The maximum atomic E-state index is 12.2. The maximum Gasteiger partial charge on any atom is 0.267 e. The molecular weight excluding hydrogens is 394 g/mol. The molecule has 0 aliphatic carbocycles. The average Bonchev–Trinajstić information content (AvgIpc) is 2.78. The van der Waals surface area contributed by atoms with Gasteiger partial charge in [-0.3, -0.25) is 14.6 Å². The Morgan fingerprint density at radius 1 is 1.19 bits per heavy atom. The predicted molar refractivity (Wildman–Crippen MR) is 123 cm³/mol. The summed E-state index contributed by atoms with van der Waals surface area (Å²) in [5, 5.41) is 8.51. The first-order chi connectivity index (χ1) is 15.0. The second-order valence-electron chi connectivity index (χ2n) is 6.69. The van der Waals surface area contributed by atoms with E-state index in [9.17, 15) is 9.59 Å². The molecule has 0 bridgehead atoms. The number of nitrogens with one attached hydrogen (secondary N) is 3. The average molecular weight is 428 g/mol. The fourth-order valence-corrected chi connectivity index (χ4v) is 2.48. The van der Waals surface area contributed by atoms with Crippen LogP contribution in [0, 0.1) is 0 Å². The van der Waals surface area contributed by atoms with Crippen molar-refractivity contribution in [1.82, 2.24) is 20.9 Å². The van der Waals surface area contributed by atoms with Crippen LogP contribution in [0.5, 0.6) is 11.5 Å². The standard InChI is InChI=1S/C21H26N4O3.C2H7N/c1-3-16(22)12-20(23-2)21(27)25-9-7-15-5-4-6-18(11-15)28-19-8-10-24-17(13-19)14-26;1-3-2/h4-6,8,10-14,16,23H,3,7,9,22H2,1-2H3,(H,25,27);3H,1-2H3/b20-12-;. The number of hydrogen-bond acceptors (Lipinski definition) is 7. The smallest absolute Gasteiger partial charge is 0.267 e. The van der Waals surface area contributed by atoms with Crippen LogP contribution in [-0.2, 0) is 11.2 Å². The van der Waals surface area contributed by atoms with Gasteiger partial charge in [0, 0.05) is 31.9 Å². The Hall–Kier alpha value is -3.23. The van der Waals surface area contributed by atoms with Gasteiger partial charge in [-0.2, -0.15) is 0 Å². The Labute approximate surface area is 184 Å². The fraction of sp³-hybridized carbons (Fsp3) is 0.348. The van der Waals surface area contributed by atoms with Crippen molar-refractivity contribution in [3.8, 4) is 11.5 Å². The minimum absolute atomic E-state index is 0.157. The van der Waals surface area contributed by atoms with Crippen molar-refractivity contribution < 1.29 is 14.3 Å². The molecule has 8 heteroatoms. The van der Waals surface area contributed by atoms with Crippen LogP contribution < -0.4 is 26.4 Å². The van der Waals surface area contributed by atoms with E-state index in [2.05, 4.69) is 20.9 Å². The molecule has 1 aromatic heterocycles. The summed E-state index contributed by atoms with van der Waals surface area (Å²) in [5.41, 5.74) is 7.67. The minimum Gasteiger partial charge on any atom is -0.457 e. The second kappa shape index (κ2) is 14.7. The van der Waals surface area contributed by atoms with E-state index in [1.54, 1.807) is 25.3 Å². The van der Waals surface area contributed by atoms with Crippen LogP contribution in [0.25, 0.3) is 0 Å². The lowest BCUT2D eigenvalue weighted by atomic mass is 10.1. The molecule has 8 nitrogen and oxygen atoms in total. The largest absolute Gasteiger partial charge is 0.457 e. The van der Waals surface area contributed by atoms with Gasteiger partial charge in [0.2, 0.25) is 0 Å². The summed E-state index contributed by atoms with van der Waals surface area (Å²) >= 11 is 0. The molecule has 1 amide bonds. The maximum absolute atomic E-state index is 12.2. The second-order valence-corrected chi connectivity index (χ2v) is 6.69. The number of likely N-dealkylation sites (N-methyl/N-ethyl adjacent to an activating group) is 1. The Morgan fingerprint density at radius 3 is 2.55 bits per heavy atom. The van der Waals surface area contributed by atoms with Crippen LogP contribution in [0.1, 0.15) is 29.4 Å². The number of benzene rings is 1. The molecule has 5 N–H and O–H groups in total. The number of carbonyl (C=O) groups excluding carboxylic acids is 2. The third-order valence-electron chi connectivity index (χ3n) is 4.07. The molecule has 1 unspecified atom stereocenters. The number of nitrogens with zero attached hydrogens (tertiary/aromatic N) is 1. The first-order valence-electron chi connectivity index (χ1n) is 10.2. The zero-order chi connectivity index (χ0) is 23.1. The van der Waals surface area contributed by atoms with Crippen LogP contribution in [-0.4, -0.2) is 50.9 Å². The molecule has 1 atom stereocenters. The van der Waals surface area contributed by atoms with E-state index in [1.165, 1.54) is 6.20 Å². The van der Waals surface area contributed by atoms with Gasteiger partial charge in [0.15, 0.2) is 6.29 Å². The van der Waals surface area contributed by atoms with Crippen molar-refractivity contribution in [2.75, 3.05) is 27.7 Å². The number of nitrogens with two attached hydrogens (primary N) is 1. The lowest BCUT2D eigenvalue weighted by molar-refractivity contribution is -0.117. The highest BCUT2D eigenvalue weighted by Crippen LogP contribution is 2.22. The molecule has 0 spiro atoms. The summed E-state index contributed by atoms with van der Waals surface area (Å²) < 4.78 is 5.78. The van der Waals surface area contributed by atoms with Crippen LogP contribution in [0.15, 0.2) is 54.4 Å². The summed E-state index contributed by atoms with van der Waals surface area (Å²) in [4.78, 5) is 27.0. The molecule has 0 aliphatic rings. The van der Waals surface area contributed by atoms with E-state index in [4.69, 9.17) is 10.5 Å². The summed E-state index contributed by atoms with van der Waals surface area (Å²) in [7, 11) is 5.45. The minimum atomic E-state index is -0.183. The lowest BCUT2D eigenvalue weighted by Crippen LogP contribution is -2.33. The number of ether oxygens (including phenoxy) is 1. The molecule has 31 heavy (non-hydrogen) atoms. The molecule has 0 fully saturated rings. The number of carbonyl (C=O) groups is 2. The normalized spacial score (nSPS) is 11.6. The molecule has 0 saturated heterocycles. The number of hydrogen-bond donors (Lipinski definition) is 4.